The first-order valence-electron chi connectivity index (χ1n) is 12.1. The molecule has 0 aromatic heterocycles. The van der Waals surface area contributed by atoms with Gasteiger partial charge in [-0.2, -0.15) is 4.31 Å². The number of hydrogen-bond acceptors (Lipinski definition) is 5. The lowest BCUT2D eigenvalue weighted by atomic mass is 10.0. The van der Waals surface area contributed by atoms with Crippen molar-refractivity contribution in [3.8, 4) is 11.5 Å². The molecule has 2 aromatic rings. The molecule has 0 spiro atoms. The minimum Gasteiger partial charge on any atom is -0.495 e. The highest BCUT2D eigenvalue weighted by atomic mass is 32.2. The van der Waals surface area contributed by atoms with Crippen LogP contribution < -0.4 is 9.47 Å². The van der Waals surface area contributed by atoms with Crippen molar-refractivity contribution in [3.05, 3.63) is 53.6 Å². The topological polar surface area (TPSA) is 76.1 Å². The van der Waals surface area contributed by atoms with E-state index >= 15 is 0 Å². The first-order valence-corrected chi connectivity index (χ1v) is 13.5. The first kappa shape index (κ1) is 24.5. The fraction of sp³-hybridized carbons (Fsp3) is 0.500. The summed E-state index contributed by atoms with van der Waals surface area (Å²) in [6, 6.07) is 12.5. The summed E-state index contributed by atoms with van der Waals surface area (Å²) in [5.41, 5.74) is 1.42. The van der Waals surface area contributed by atoms with Crippen molar-refractivity contribution >= 4 is 15.9 Å². The van der Waals surface area contributed by atoms with Crippen LogP contribution in [0.4, 0.5) is 0 Å². The second-order valence-electron chi connectivity index (χ2n) is 8.98. The predicted molar refractivity (Wildman–Crippen MR) is 131 cm³/mol. The van der Waals surface area contributed by atoms with Gasteiger partial charge >= 0.3 is 0 Å². The number of hydrogen-bond donors (Lipinski definition) is 0. The highest BCUT2D eigenvalue weighted by molar-refractivity contribution is 7.89. The third-order valence-corrected chi connectivity index (χ3v) is 8.86. The molecule has 184 valence electrons. The summed E-state index contributed by atoms with van der Waals surface area (Å²) >= 11 is 0. The van der Waals surface area contributed by atoms with E-state index in [4.69, 9.17) is 9.47 Å². The molecule has 0 bridgehead atoms. The van der Waals surface area contributed by atoms with E-state index in [-0.39, 0.29) is 28.6 Å². The van der Waals surface area contributed by atoms with Crippen molar-refractivity contribution in [2.24, 2.45) is 0 Å². The van der Waals surface area contributed by atoms with Crippen molar-refractivity contribution in [3.63, 3.8) is 0 Å². The maximum atomic E-state index is 13.6. The van der Waals surface area contributed by atoms with Gasteiger partial charge in [-0.1, -0.05) is 18.6 Å². The highest BCUT2D eigenvalue weighted by Gasteiger charge is 2.35. The number of ether oxygens (including phenoxy) is 2. The Morgan fingerprint density at radius 1 is 1.03 bits per heavy atom. The van der Waals surface area contributed by atoms with Crippen LogP contribution in [0.5, 0.6) is 11.5 Å². The molecule has 0 unspecified atom stereocenters. The largest absolute Gasteiger partial charge is 0.495 e. The Labute approximate surface area is 202 Å². The van der Waals surface area contributed by atoms with E-state index in [9.17, 15) is 13.2 Å². The quantitative estimate of drug-likeness (QED) is 0.570. The zero-order chi connectivity index (χ0) is 24.3. The van der Waals surface area contributed by atoms with Crippen molar-refractivity contribution in [1.29, 1.82) is 0 Å². The zero-order valence-electron chi connectivity index (χ0n) is 20.2. The highest BCUT2D eigenvalue weighted by Crippen LogP contribution is 2.36. The minimum atomic E-state index is -3.79. The number of piperidine rings is 1. The summed E-state index contributed by atoms with van der Waals surface area (Å²) < 4.78 is 39.6. The number of methoxy groups -OCH3 is 1. The van der Waals surface area contributed by atoms with E-state index in [0.717, 1.165) is 43.4 Å². The van der Waals surface area contributed by atoms with E-state index in [1.807, 2.05) is 43.0 Å². The fourth-order valence-corrected chi connectivity index (χ4v) is 6.92. The number of sulfonamides is 1. The molecule has 0 N–H and O–H groups in total. The normalized spacial score (nSPS) is 21.4. The van der Waals surface area contributed by atoms with Gasteiger partial charge in [0, 0.05) is 24.7 Å². The average Bonchev–Trinajstić information content (AvgIpc) is 3.34. The molecule has 2 aliphatic rings. The van der Waals surface area contributed by atoms with E-state index in [1.165, 1.54) is 13.2 Å². The Hall–Kier alpha value is -2.58. The lowest BCUT2D eigenvalue weighted by Crippen LogP contribution is -2.42. The zero-order valence-corrected chi connectivity index (χ0v) is 21.0. The van der Waals surface area contributed by atoms with Gasteiger partial charge in [0.1, 0.15) is 16.4 Å². The van der Waals surface area contributed by atoms with Crippen molar-refractivity contribution in [1.82, 2.24) is 9.21 Å². The molecule has 2 heterocycles. The van der Waals surface area contributed by atoms with Crippen LogP contribution in [0.3, 0.4) is 0 Å². The lowest BCUT2D eigenvalue weighted by Gasteiger charge is -2.32. The summed E-state index contributed by atoms with van der Waals surface area (Å²) in [5.74, 6) is 0.903. The molecule has 1 amide bonds. The van der Waals surface area contributed by atoms with Gasteiger partial charge in [-0.15, -0.1) is 0 Å². The Bertz CT molecular complexity index is 1120. The van der Waals surface area contributed by atoms with Gasteiger partial charge in [-0.25, -0.2) is 8.42 Å². The van der Waals surface area contributed by atoms with Crippen LogP contribution in [0, 0.1) is 0 Å². The molecule has 8 heteroatoms. The summed E-state index contributed by atoms with van der Waals surface area (Å²) in [5, 5.41) is 0. The molecule has 2 saturated heterocycles. The lowest BCUT2D eigenvalue weighted by molar-refractivity contribution is 0.0735. The average molecular weight is 487 g/mol. The summed E-state index contributed by atoms with van der Waals surface area (Å²) in [7, 11) is -2.33. The van der Waals surface area contributed by atoms with Gasteiger partial charge in [0.2, 0.25) is 10.0 Å². The predicted octanol–water partition coefficient (Wildman–Crippen LogP) is 4.63. The number of nitrogens with zero attached hydrogens (tertiary/aromatic N) is 2. The number of benzene rings is 2. The molecule has 34 heavy (non-hydrogen) atoms. The maximum Gasteiger partial charge on any atom is 0.254 e. The van der Waals surface area contributed by atoms with Gasteiger partial charge in [0.25, 0.3) is 5.91 Å². The molecule has 2 aliphatic heterocycles. The molecule has 0 radical (unpaired) electrons. The number of carbonyl (C=O) groups excluding carboxylic acids is 1. The van der Waals surface area contributed by atoms with Gasteiger partial charge < -0.3 is 14.4 Å². The van der Waals surface area contributed by atoms with E-state index in [0.29, 0.717) is 25.3 Å². The van der Waals surface area contributed by atoms with Crippen LogP contribution in [0.15, 0.2) is 47.4 Å². The van der Waals surface area contributed by atoms with E-state index in [2.05, 4.69) is 0 Å². The second kappa shape index (κ2) is 10.4. The number of likely N-dealkylation sites (tertiary alicyclic amines) is 1. The Balaban J connectivity index is 1.63. The SMILES string of the molecule is CCOc1ccc([C@@H]2CCCN2C(=O)c2ccc(OC)c(S(=O)(=O)N3CCCC[C@@H]3C)c2)cc1. The summed E-state index contributed by atoms with van der Waals surface area (Å²) in [6.45, 7) is 5.60. The number of amides is 1. The Morgan fingerprint density at radius 3 is 2.47 bits per heavy atom. The van der Waals surface area contributed by atoms with Crippen LogP contribution in [0.2, 0.25) is 0 Å². The molecular formula is C26H34N2O5S. The minimum absolute atomic E-state index is 0.0487. The Morgan fingerprint density at radius 2 is 1.79 bits per heavy atom. The van der Waals surface area contributed by atoms with Crippen molar-refractivity contribution in [2.45, 2.75) is 62.9 Å². The van der Waals surface area contributed by atoms with Crippen LogP contribution >= 0.6 is 0 Å². The number of rotatable bonds is 7. The first-order chi connectivity index (χ1) is 16.4. The molecule has 2 fully saturated rings. The molecule has 2 aromatic carbocycles. The molecule has 7 nitrogen and oxygen atoms in total. The smallest absolute Gasteiger partial charge is 0.254 e. The van der Waals surface area contributed by atoms with Gasteiger partial charge in [-0.05, 0) is 75.4 Å². The summed E-state index contributed by atoms with van der Waals surface area (Å²) in [4.78, 5) is 15.5. The molecular weight excluding hydrogens is 452 g/mol. The molecule has 4 rings (SSSR count). The second-order valence-corrected chi connectivity index (χ2v) is 10.8. The van der Waals surface area contributed by atoms with Crippen LogP contribution in [0.1, 0.15) is 67.9 Å². The van der Waals surface area contributed by atoms with Crippen LogP contribution in [-0.4, -0.2) is 56.4 Å². The monoisotopic (exact) mass is 486 g/mol. The third-order valence-electron chi connectivity index (χ3n) is 6.83. The molecule has 0 saturated carbocycles. The van der Waals surface area contributed by atoms with E-state index in [1.54, 1.807) is 16.4 Å². The van der Waals surface area contributed by atoms with Gasteiger partial charge in [0.05, 0.1) is 19.8 Å². The standard InChI is InChI=1S/C26H34N2O5S/c1-4-33-22-13-10-20(11-14-22)23-9-7-16-27(23)26(29)21-12-15-24(32-3)25(18-21)34(30,31)28-17-6-5-8-19(28)2/h10-15,18-19,23H,4-9,16-17H2,1-3H3/t19-,23-/m0/s1. The molecule has 2 atom stereocenters. The van der Waals surface area contributed by atoms with Gasteiger partial charge in [-0.3, -0.25) is 4.79 Å². The number of carbonyl (C=O) groups is 1. The van der Waals surface area contributed by atoms with Crippen molar-refractivity contribution < 1.29 is 22.7 Å². The maximum absolute atomic E-state index is 13.6. The van der Waals surface area contributed by atoms with Crippen LogP contribution in [0.25, 0.3) is 0 Å². The van der Waals surface area contributed by atoms with E-state index < -0.39 is 10.0 Å². The summed E-state index contributed by atoms with van der Waals surface area (Å²) in [6.07, 6.45) is 4.45. The molecule has 0 aliphatic carbocycles. The van der Waals surface area contributed by atoms with Crippen LogP contribution in [-0.2, 0) is 10.0 Å². The fourth-order valence-electron chi connectivity index (χ4n) is 5.04. The Kier molecular flexibility index (Phi) is 7.48. The third kappa shape index (κ3) is 4.79. The van der Waals surface area contributed by atoms with Gasteiger partial charge in [0.15, 0.2) is 0 Å². The van der Waals surface area contributed by atoms with Crippen molar-refractivity contribution in [2.75, 3.05) is 26.8 Å².